The molecular formula is C14H26N2O3. The van der Waals surface area contributed by atoms with E-state index in [9.17, 15) is 9.59 Å². The average molecular weight is 270 g/mol. The SMILES string of the molecule is CC(C)N(C)CCCCNC(=O)C1(C(=O)O)CCC1. The zero-order chi connectivity index (χ0) is 14.5. The van der Waals surface area contributed by atoms with E-state index < -0.39 is 11.4 Å². The van der Waals surface area contributed by atoms with Crippen LogP contribution in [0.2, 0.25) is 0 Å². The lowest BCUT2D eigenvalue weighted by atomic mass is 9.68. The maximum atomic E-state index is 11.9. The quantitative estimate of drug-likeness (QED) is 0.518. The summed E-state index contributed by atoms with van der Waals surface area (Å²) in [5.74, 6) is -1.28. The fraction of sp³-hybridized carbons (Fsp3) is 0.857. The van der Waals surface area contributed by atoms with E-state index >= 15 is 0 Å². The third-order valence-corrected chi connectivity index (χ3v) is 4.16. The highest BCUT2D eigenvalue weighted by atomic mass is 16.4. The Morgan fingerprint density at radius 2 is 1.95 bits per heavy atom. The molecule has 2 N–H and O–H groups in total. The second kappa shape index (κ2) is 6.89. The molecule has 19 heavy (non-hydrogen) atoms. The molecule has 1 rings (SSSR count). The van der Waals surface area contributed by atoms with E-state index in [1.165, 1.54) is 0 Å². The predicted octanol–water partition coefficient (Wildman–Crippen LogP) is 1.48. The summed E-state index contributed by atoms with van der Waals surface area (Å²) >= 11 is 0. The van der Waals surface area contributed by atoms with E-state index in [0.29, 0.717) is 25.4 Å². The minimum absolute atomic E-state index is 0.302. The van der Waals surface area contributed by atoms with Gasteiger partial charge in [0.05, 0.1) is 0 Å². The Hall–Kier alpha value is -1.10. The monoisotopic (exact) mass is 270 g/mol. The minimum atomic E-state index is -1.13. The number of aliphatic carboxylic acids is 1. The van der Waals surface area contributed by atoms with E-state index in [2.05, 4.69) is 31.1 Å². The van der Waals surface area contributed by atoms with Crippen LogP contribution >= 0.6 is 0 Å². The fourth-order valence-electron chi connectivity index (χ4n) is 2.18. The van der Waals surface area contributed by atoms with Crippen molar-refractivity contribution in [3.63, 3.8) is 0 Å². The number of carboxylic acids is 1. The second-order valence-electron chi connectivity index (χ2n) is 5.78. The molecule has 0 radical (unpaired) electrons. The summed E-state index contributed by atoms with van der Waals surface area (Å²) in [6.07, 6.45) is 3.68. The van der Waals surface area contributed by atoms with Crippen LogP contribution in [-0.4, -0.2) is 48.1 Å². The highest BCUT2D eigenvalue weighted by Gasteiger charge is 2.50. The van der Waals surface area contributed by atoms with Gasteiger partial charge in [-0.15, -0.1) is 0 Å². The third kappa shape index (κ3) is 3.93. The van der Waals surface area contributed by atoms with Crippen molar-refractivity contribution in [2.75, 3.05) is 20.1 Å². The molecule has 0 aromatic carbocycles. The molecule has 1 amide bonds. The lowest BCUT2D eigenvalue weighted by Gasteiger charge is -2.35. The molecule has 0 aromatic heterocycles. The van der Waals surface area contributed by atoms with Crippen molar-refractivity contribution in [3.05, 3.63) is 0 Å². The Bertz CT molecular complexity index is 325. The smallest absolute Gasteiger partial charge is 0.319 e. The number of carbonyl (C=O) groups excluding carboxylic acids is 1. The van der Waals surface area contributed by atoms with Crippen molar-refractivity contribution < 1.29 is 14.7 Å². The van der Waals surface area contributed by atoms with Gasteiger partial charge in [0.1, 0.15) is 5.41 Å². The number of carbonyl (C=O) groups is 2. The summed E-state index contributed by atoms with van der Waals surface area (Å²) < 4.78 is 0. The zero-order valence-corrected chi connectivity index (χ0v) is 12.2. The summed E-state index contributed by atoms with van der Waals surface area (Å²) in [6, 6.07) is 0.528. The fourth-order valence-corrected chi connectivity index (χ4v) is 2.18. The lowest BCUT2D eigenvalue weighted by molar-refractivity contribution is -0.162. The zero-order valence-electron chi connectivity index (χ0n) is 12.2. The van der Waals surface area contributed by atoms with Gasteiger partial charge in [0.15, 0.2) is 0 Å². The third-order valence-electron chi connectivity index (χ3n) is 4.16. The van der Waals surface area contributed by atoms with Crippen molar-refractivity contribution in [3.8, 4) is 0 Å². The van der Waals surface area contributed by atoms with E-state index in [1.54, 1.807) is 0 Å². The van der Waals surface area contributed by atoms with Gasteiger partial charge in [0, 0.05) is 12.6 Å². The molecule has 1 fully saturated rings. The maximum Gasteiger partial charge on any atom is 0.319 e. The van der Waals surface area contributed by atoms with Gasteiger partial charge in [-0.05, 0) is 53.1 Å². The van der Waals surface area contributed by atoms with E-state index in [4.69, 9.17) is 5.11 Å². The van der Waals surface area contributed by atoms with Gasteiger partial charge in [0.2, 0.25) is 5.91 Å². The number of nitrogens with one attached hydrogen (secondary N) is 1. The van der Waals surface area contributed by atoms with Gasteiger partial charge in [-0.1, -0.05) is 6.42 Å². The standard InChI is InChI=1S/C14H26N2O3/c1-11(2)16(3)10-5-4-9-15-12(17)14(13(18)19)7-6-8-14/h11H,4-10H2,1-3H3,(H,15,17)(H,18,19). The van der Waals surface area contributed by atoms with E-state index in [-0.39, 0.29) is 5.91 Å². The highest BCUT2D eigenvalue weighted by molar-refractivity contribution is 6.02. The predicted molar refractivity (Wildman–Crippen MR) is 73.9 cm³/mol. The number of hydrogen-bond donors (Lipinski definition) is 2. The van der Waals surface area contributed by atoms with Gasteiger partial charge < -0.3 is 15.3 Å². The number of rotatable bonds is 8. The van der Waals surface area contributed by atoms with Crippen LogP contribution in [0.1, 0.15) is 46.0 Å². The summed E-state index contributed by atoms with van der Waals surface area (Å²) in [4.78, 5) is 25.3. The average Bonchev–Trinajstić information content (AvgIpc) is 2.25. The molecule has 0 spiro atoms. The molecule has 0 atom stereocenters. The maximum absolute atomic E-state index is 11.9. The molecular weight excluding hydrogens is 244 g/mol. The molecule has 0 heterocycles. The molecule has 1 saturated carbocycles. The van der Waals surface area contributed by atoms with Gasteiger partial charge in [0.25, 0.3) is 0 Å². The number of amides is 1. The summed E-state index contributed by atoms with van der Waals surface area (Å²) in [5, 5.41) is 11.9. The highest BCUT2D eigenvalue weighted by Crippen LogP contribution is 2.41. The van der Waals surface area contributed by atoms with Crippen molar-refractivity contribution in [2.24, 2.45) is 5.41 Å². The molecule has 0 unspecified atom stereocenters. The summed E-state index contributed by atoms with van der Waals surface area (Å²) in [5.41, 5.74) is -1.13. The molecule has 1 aliphatic rings. The van der Waals surface area contributed by atoms with Crippen LogP contribution < -0.4 is 5.32 Å². The normalized spacial score (nSPS) is 17.3. The number of hydrogen-bond acceptors (Lipinski definition) is 3. The number of nitrogens with zero attached hydrogens (tertiary/aromatic N) is 1. The van der Waals surface area contributed by atoms with Crippen LogP contribution in [0.5, 0.6) is 0 Å². The summed E-state index contributed by atoms with van der Waals surface area (Å²) in [7, 11) is 2.08. The van der Waals surface area contributed by atoms with Gasteiger partial charge in [-0.2, -0.15) is 0 Å². The first kappa shape index (κ1) is 16.0. The first-order chi connectivity index (χ1) is 8.90. The van der Waals surface area contributed by atoms with Crippen LogP contribution in [0.3, 0.4) is 0 Å². The van der Waals surface area contributed by atoms with Crippen LogP contribution in [0, 0.1) is 5.41 Å². The molecule has 5 heteroatoms. The van der Waals surface area contributed by atoms with Crippen molar-refractivity contribution >= 4 is 11.9 Å². The van der Waals surface area contributed by atoms with Crippen LogP contribution in [0.25, 0.3) is 0 Å². The van der Waals surface area contributed by atoms with Gasteiger partial charge in [-0.25, -0.2) is 0 Å². The van der Waals surface area contributed by atoms with Crippen LogP contribution in [-0.2, 0) is 9.59 Å². The van der Waals surface area contributed by atoms with E-state index in [0.717, 1.165) is 25.8 Å². The molecule has 0 aliphatic heterocycles. The molecule has 0 aromatic rings. The summed E-state index contributed by atoms with van der Waals surface area (Å²) in [6.45, 7) is 5.86. The lowest BCUT2D eigenvalue weighted by Crippen LogP contribution is -2.51. The van der Waals surface area contributed by atoms with Crippen molar-refractivity contribution in [1.29, 1.82) is 0 Å². The molecule has 0 bridgehead atoms. The molecule has 110 valence electrons. The van der Waals surface area contributed by atoms with Crippen molar-refractivity contribution in [2.45, 2.75) is 52.0 Å². The van der Waals surface area contributed by atoms with Gasteiger partial charge in [-0.3, -0.25) is 9.59 Å². The Balaban J connectivity index is 2.19. The van der Waals surface area contributed by atoms with Crippen molar-refractivity contribution in [1.82, 2.24) is 10.2 Å². The van der Waals surface area contributed by atoms with E-state index in [1.807, 2.05) is 0 Å². The topological polar surface area (TPSA) is 69.6 Å². The molecule has 0 saturated heterocycles. The molecule has 1 aliphatic carbocycles. The first-order valence-electron chi connectivity index (χ1n) is 7.12. The second-order valence-corrected chi connectivity index (χ2v) is 5.78. The Morgan fingerprint density at radius 1 is 1.32 bits per heavy atom. The Kier molecular flexibility index (Phi) is 5.79. The largest absolute Gasteiger partial charge is 0.480 e. The Morgan fingerprint density at radius 3 is 2.37 bits per heavy atom. The van der Waals surface area contributed by atoms with Gasteiger partial charge >= 0.3 is 5.97 Å². The van der Waals surface area contributed by atoms with Crippen LogP contribution in [0.4, 0.5) is 0 Å². The Labute approximate surface area is 115 Å². The number of carboxylic acid groups (broad SMARTS) is 1. The molecule has 5 nitrogen and oxygen atoms in total. The van der Waals surface area contributed by atoms with Crippen LogP contribution in [0.15, 0.2) is 0 Å². The first-order valence-corrected chi connectivity index (χ1v) is 7.12. The minimum Gasteiger partial charge on any atom is -0.480 e. The number of unbranched alkanes of at least 4 members (excludes halogenated alkanes) is 1.